The molecule has 0 spiro atoms. The van der Waals surface area contributed by atoms with Gasteiger partial charge in [0.15, 0.2) is 6.61 Å². The van der Waals surface area contributed by atoms with Crippen LogP contribution in [0.25, 0.3) is 11.1 Å². The number of thiol groups is 1. The summed E-state index contributed by atoms with van der Waals surface area (Å²) in [5, 5.41) is 12.5. The Kier molecular flexibility index (Phi) is 7.77. The molecule has 1 aliphatic carbocycles. The number of carboxylic acid groups (broad SMARTS) is 1. The maximum Gasteiger partial charge on any atom is 0.416 e. The lowest BCUT2D eigenvalue weighted by Gasteiger charge is -2.14. The quantitative estimate of drug-likeness (QED) is 0.604. The monoisotopic (exact) mass is 413 g/mol. The largest absolute Gasteiger partial charge is 0.481 e. The molecule has 2 aromatic rings. The van der Waals surface area contributed by atoms with Gasteiger partial charge >= 0.3 is 12.1 Å². The van der Waals surface area contributed by atoms with Crippen LogP contribution in [0.5, 0.6) is 5.75 Å². The SMILES string of the molecule is CNCc1ccc(OCC(=O)O)c(-c2cccc(C(F)(F)F)c2)c1.SC1CC1. The number of hydrogen-bond donors (Lipinski definition) is 3. The van der Waals surface area contributed by atoms with Crippen LogP contribution >= 0.6 is 12.6 Å². The first-order chi connectivity index (χ1) is 13.2. The average Bonchev–Trinajstić information content (AvgIpc) is 3.43. The van der Waals surface area contributed by atoms with Crippen LogP contribution in [0.1, 0.15) is 24.0 Å². The minimum absolute atomic E-state index is 0.219. The molecule has 0 atom stereocenters. The van der Waals surface area contributed by atoms with Crippen molar-refractivity contribution >= 4 is 18.6 Å². The Labute approximate surface area is 167 Å². The minimum atomic E-state index is -4.46. The molecule has 4 nitrogen and oxygen atoms in total. The molecule has 8 heteroatoms. The number of carbonyl (C=O) groups is 1. The van der Waals surface area contributed by atoms with Gasteiger partial charge in [-0.2, -0.15) is 25.8 Å². The molecule has 0 aliphatic heterocycles. The molecule has 0 radical (unpaired) electrons. The molecule has 1 fully saturated rings. The fourth-order valence-electron chi connectivity index (χ4n) is 2.32. The fraction of sp³-hybridized carbons (Fsp3) is 0.350. The molecule has 0 amide bonds. The van der Waals surface area contributed by atoms with Gasteiger partial charge in [-0.3, -0.25) is 0 Å². The number of nitrogens with one attached hydrogen (secondary N) is 1. The Bertz CT molecular complexity index is 808. The number of ether oxygens (including phenoxy) is 1. The van der Waals surface area contributed by atoms with Crippen LogP contribution in [0.4, 0.5) is 13.2 Å². The lowest BCUT2D eigenvalue weighted by Crippen LogP contribution is -2.11. The van der Waals surface area contributed by atoms with E-state index in [1.54, 1.807) is 25.2 Å². The molecule has 1 aliphatic rings. The van der Waals surface area contributed by atoms with E-state index in [0.717, 1.165) is 22.9 Å². The van der Waals surface area contributed by atoms with Crippen molar-refractivity contribution in [2.24, 2.45) is 0 Å². The summed E-state index contributed by atoms with van der Waals surface area (Å²) in [4.78, 5) is 10.7. The number of hydrogen-bond acceptors (Lipinski definition) is 4. The van der Waals surface area contributed by atoms with E-state index in [2.05, 4.69) is 17.9 Å². The van der Waals surface area contributed by atoms with Crippen LogP contribution in [0.3, 0.4) is 0 Å². The van der Waals surface area contributed by atoms with E-state index in [1.165, 1.54) is 25.0 Å². The van der Waals surface area contributed by atoms with Crippen molar-refractivity contribution in [1.29, 1.82) is 0 Å². The van der Waals surface area contributed by atoms with Gasteiger partial charge in [0, 0.05) is 17.4 Å². The second kappa shape index (κ2) is 9.84. The number of carboxylic acids is 1. The van der Waals surface area contributed by atoms with Gasteiger partial charge in [-0.15, -0.1) is 0 Å². The van der Waals surface area contributed by atoms with E-state index in [9.17, 15) is 18.0 Å². The molecule has 152 valence electrons. The summed E-state index contributed by atoms with van der Waals surface area (Å²) in [6.45, 7) is -0.0531. The van der Waals surface area contributed by atoms with Crippen LogP contribution < -0.4 is 10.1 Å². The van der Waals surface area contributed by atoms with Crippen LogP contribution in [-0.4, -0.2) is 30.0 Å². The van der Waals surface area contributed by atoms with E-state index in [0.29, 0.717) is 17.7 Å². The van der Waals surface area contributed by atoms with Gasteiger partial charge in [0.1, 0.15) is 5.75 Å². The van der Waals surface area contributed by atoms with Gasteiger partial charge in [-0.1, -0.05) is 18.2 Å². The van der Waals surface area contributed by atoms with E-state index in [-0.39, 0.29) is 5.75 Å². The van der Waals surface area contributed by atoms with Crippen molar-refractivity contribution < 1.29 is 27.8 Å². The number of rotatable bonds is 6. The molecule has 1 saturated carbocycles. The molecule has 0 unspecified atom stereocenters. The van der Waals surface area contributed by atoms with Crippen molar-refractivity contribution in [3.63, 3.8) is 0 Å². The Morgan fingerprint density at radius 2 is 1.93 bits per heavy atom. The zero-order valence-electron chi connectivity index (χ0n) is 15.3. The van der Waals surface area contributed by atoms with E-state index < -0.39 is 24.3 Å². The average molecular weight is 413 g/mol. The topological polar surface area (TPSA) is 58.6 Å². The summed E-state index contributed by atoms with van der Waals surface area (Å²) < 4.78 is 44.0. The number of alkyl halides is 3. The summed E-state index contributed by atoms with van der Waals surface area (Å²) in [6.07, 6.45) is -1.76. The number of benzene rings is 2. The van der Waals surface area contributed by atoms with Crippen LogP contribution in [0, 0.1) is 0 Å². The fourth-order valence-corrected chi connectivity index (χ4v) is 2.47. The highest BCUT2D eigenvalue weighted by atomic mass is 32.1. The van der Waals surface area contributed by atoms with Crippen molar-refractivity contribution in [3.8, 4) is 16.9 Å². The van der Waals surface area contributed by atoms with Gasteiger partial charge in [0.05, 0.1) is 5.56 Å². The summed E-state index contributed by atoms with van der Waals surface area (Å²) in [5.74, 6) is -0.944. The second-order valence-corrected chi connectivity index (χ2v) is 7.08. The van der Waals surface area contributed by atoms with Gasteiger partial charge in [-0.25, -0.2) is 4.79 Å². The molecular weight excluding hydrogens is 391 g/mol. The van der Waals surface area contributed by atoms with Crippen LogP contribution in [-0.2, 0) is 17.5 Å². The van der Waals surface area contributed by atoms with Crippen LogP contribution in [0.15, 0.2) is 42.5 Å². The van der Waals surface area contributed by atoms with E-state index in [1.807, 2.05) is 0 Å². The van der Waals surface area contributed by atoms with Crippen molar-refractivity contribution in [2.45, 2.75) is 30.8 Å². The predicted molar refractivity (Wildman–Crippen MR) is 105 cm³/mol. The third-order valence-electron chi connectivity index (χ3n) is 3.82. The maximum absolute atomic E-state index is 12.9. The summed E-state index contributed by atoms with van der Waals surface area (Å²) in [6, 6.07) is 9.81. The number of halogens is 3. The van der Waals surface area contributed by atoms with E-state index in [4.69, 9.17) is 9.84 Å². The Morgan fingerprint density at radius 3 is 2.46 bits per heavy atom. The van der Waals surface area contributed by atoms with Crippen molar-refractivity contribution in [3.05, 3.63) is 53.6 Å². The number of aliphatic carboxylic acids is 1. The van der Waals surface area contributed by atoms with Crippen LogP contribution in [0.2, 0.25) is 0 Å². The molecule has 2 N–H and O–H groups in total. The molecule has 3 rings (SSSR count). The molecule has 28 heavy (non-hydrogen) atoms. The first kappa shape index (κ1) is 22.1. The highest BCUT2D eigenvalue weighted by molar-refractivity contribution is 7.81. The predicted octanol–water partition coefficient (Wildman–Crippen LogP) is 4.63. The lowest BCUT2D eigenvalue weighted by atomic mass is 9.99. The summed E-state index contributed by atoms with van der Waals surface area (Å²) in [7, 11) is 1.75. The summed E-state index contributed by atoms with van der Waals surface area (Å²) in [5.41, 5.74) is 0.786. The maximum atomic E-state index is 12.9. The minimum Gasteiger partial charge on any atom is -0.481 e. The Hall–Kier alpha value is -2.19. The van der Waals surface area contributed by atoms with Gasteiger partial charge < -0.3 is 15.2 Å². The Balaban J connectivity index is 0.000000620. The van der Waals surface area contributed by atoms with Crippen molar-refractivity contribution in [2.75, 3.05) is 13.7 Å². The Morgan fingerprint density at radius 1 is 1.25 bits per heavy atom. The highest BCUT2D eigenvalue weighted by Gasteiger charge is 2.30. The first-order valence-corrected chi connectivity index (χ1v) is 9.20. The van der Waals surface area contributed by atoms with Crippen molar-refractivity contribution in [1.82, 2.24) is 5.32 Å². The molecular formula is C20H22F3NO3S. The lowest BCUT2D eigenvalue weighted by molar-refractivity contribution is -0.139. The second-order valence-electron chi connectivity index (χ2n) is 6.35. The highest BCUT2D eigenvalue weighted by Crippen LogP contribution is 2.36. The third-order valence-corrected chi connectivity index (χ3v) is 4.34. The smallest absolute Gasteiger partial charge is 0.416 e. The molecule has 2 aromatic carbocycles. The molecule has 0 heterocycles. The zero-order chi connectivity index (χ0) is 20.7. The molecule has 0 saturated heterocycles. The standard InChI is InChI=1S/C17H16F3NO3.C3H6S/c1-21-9-11-5-6-15(24-10-16(22)23)14(7-11)12-3-2-4-13(8-12)17(18,19)20;4-3-1-2-3/h2-8,21H,9-10H2,1H3,(H,22,23);3-4H,1-2H2. The van der Waals surface area contributed by atoms with Gasteiger partial charge in [0.2, 0.25) is 0 Å². The van der Waals surface area contributed by atoms with E-state index >= 15 is 0 Å². The molecule has 0 bridgehead atoms. The normalized spacial score (nSPS) is 13.5. The van der Waals surface area contributed by atoms with Gasteiger partial charge in [0.25, 0.3) is 0 Å². The van der Waals surface area contributed by atoms with Gasteiger partial charge in [-0.05, 0) is 55.3 Å². The first-order valence-electron chi connectivity index (χ1n) is 8.68. The molecule has 0 aromatic heterocycles. The summed E-state index contributed by atoms with van der Waals surface area (Å²) >= 11 is 4.08. The zero-order valence-corrected chi connectivity index (χ0v) is 16.2. The third kappa shape index (κ3) is 7.09.